The van der Waals surface area contributed by atoms with Crippen molar-refractivity contribution in [2.24, 2.45) is 7.05 Å². The molecule has 0 atom stereocenters. The van der Waals surface area contributed by atoms with Gasteiger partial charge in [0.05, 0.1) is 22.9 Å². The van der Waals surface area contributed by atoms with Gasteiger partial charge in [-0.3, -0.25) is 4.79 Å². The molecule has 0 saturated carbocycles. The van der Waals surface area contributed by atoms with E-state index in [-0.39, 0.29) is 5.91 Å². The normalized spacial score (nSPS) is 15.8. The summed E-state index contributed by atoms with van der Waals surface area (Å²) in [5.41, 5.74) is 4.42. The van der Waals surface area contributed by atoms with Gasteiger partial charge in [-0.15, -0.1) is 0 Å². The van der Waals surface area contributed by atoms with Crippen LogP contribution >= 0.6 is 0 Å². The molecule has 28 heavy (non-hydrogen) atoms. The Morgan fingerprint density at radius 2 is 1.79 bits per heavy atom. The van der Waals surface area contributed by atoms with Gasteiger partial charge in [0, 0.05) is 45.5 Å². The number of piperazine rings is 1. The molecular weight excluding hydrogens is 350 g/mol. The van der Waals surface area contributed by atoms with Gasteiger partial charge < -0.3 is 19.7 Å². The van der Waals surface area contributed by atoms with Crippen molar-refractivity contribution in [2.75, 3.05) is 45.1 Å². The molecule has 0 aliphatic carbocycles. The Kier molecular flexibility index (Phi) is 5.41. The maximum atomic E-state index is 12.8. The van der Waals surface area contributed by atoms with Crippen molar-refractivity contribution in [3.63, 3.8) is 0 Å². The maximum Gasteiger partial charge on any atom is 0.257 e. The van der Waals surface area contributed by atoms with Crippen LogP contribution in [0.25, 0.3) is 11.0 Å². The van der Waals surface area contributed by atoms with Gasteiger partial charge in [0.2, 0.25) is 0 Å². The molecule has 2 heterocycles. The molecule has 1 N–H and O–H groups in total. The molecule has 0 unspecified atom stereocenters. The van der Waals surface area contributed by atoms with E-state index in [0.717, 1.165) is 55.9 Å². The first kappa shape index (κ1) is 18.7. The SMILES string of the molecule is CN1CCN(CCc2ccc(NC(=O)c3cccc4ncn(C)c34)cc2)CC1. The second-order valence-corrected chi connectivity index (χ2v) is 7.57. The number of benzene rings is 2. The Hall–Kier alpha value is -2.70. The highest BCUT2D eigenvalue weighted by molar-refractivity contribution is 6.11. The highest BCUT2D eigenvalue weighted by Gasteiger charge is 2.14. The third kappa shape index (κ3) is 4.08. The van der Waals surface area contributed by atoms with Crippen LogP contribution < -0.4 is 5.32 Å². The molecule has 1 saturated heterocycles. The van der Waals surface area contributed by atoms with E-state index >= 15 is 0 Å². The van der Waals surface area contributed by atoms with E-state index in [9.17, 15) is 4.79 Å². The second-order valence-electron chi connectivity index (χ2n) is 7.57. The predicted molar refractivity (Wildman–Crippen MR) is 113 cm³/mol. The lowest BCUT2D eigenvalue weighted by molar-refractivity contribution is 0.102. The first-order valence-corrected chi connectivity index (χ1v) is 9.81. The summed E-state index contributed by atoms with van der Waals surface area (Å²) in [5, 5.41) is 3.01. The average molecular weight is 377 g/mol. The molecule has 0 bridgehead atoms. The molecule has 146 valence electrons. The molecule has 6 nitrogen and oxygen atoms in total. The van der Waals surface area contributed by atoms with Crippen LogP contribution in [0.4, 0.5) is 5.69 Å². The van der Waals surface area contributed by atoms with Crippen molar-refractivity contribution >= 4 is 22.6 Å². The third-order valence-electron chi connectivity index (χ3n) is 5.51. The molecule has 1 aromatic heterocycles. The van der Waals surface area contributed by atoms with Crippen LogP contribution in [0, 0.1) is 0 Å². The monoisotopic (exact) mass is 377 g/mol. The van der Waals surface area contributed by atoms with Crippen LogP contribution in [0.15, 0.2) is 48.8 Å². The van der Waals surface area contributed by atoms with E-state index in [2.05, 4.69) is 39.3 Å². The number of carbonyl (C=O) groups excluding carboxylic acids is 1. The summed E-state index contributed by atoms with van der Waals surface area (Å²) >= 11 is 0. The van der Waals surface area contributed by atoms with Crippen molar-refractivity contribution in [3.8, 4) is 0 Å². The van der Waals surface area contributed by atoms with Crippen LogP contribution in [0.5, 0.6) is 0 Å². The number of hydrogen-bond donors (Lipinski definition) is 1. The van der Waals surface area contributed by atoms with Gasteiger partial charge in [-0.05, 0) is 43.3 Å². The van der Waals surface area contributed by atoms with Gasteiger partial charge in [0.25, 0.3) is 5.91 Å². The smallest absolute Gasteiger partial charge is 0.257 e. The lowest BCUT2D eigenvalue weighted by Crippen LogP contribution is -2.45. The van der Waals surface area contributed by atoms with E-state index < -0.39 is 0 Å². The molecule has 2 aromatic carbocycles. The average Bonchev–Trinajstić information content (AvgIpc) is 3.10. The van der Waals surface area contributed by atoms with E-state index in [1.54, 1.807) is 6.33 Å². The number of anilines is 1. The Morgan fingerprint density at radius 1 is 1.04 bits per heavy atom. The fourth-order valence-corrected chi connectivity index (χ4v) is 3.71. The summed E-state index contributed by atoms with van der Waals surface area (Å²) < 4.78 is 1.88. The number of para-hydroxylation sites is 1. The fraction of sp³-hybridized carbons (Fsp3) is 0.364. The summed E-state index contributed by atoms with van der Waals surface area (Å²) in [6.45, 7) is 5.67. The summed E-state index contributed by atoms with van der Waals surface area (Å²) in [6, 6.07) is 13.8. The maximum absolute atomic E-state index is 12.8. The largest absolute Gasteiger partial charge is 0.333 e. The summed E-state index contributed by atoms with van der Waals surface area (Å²) in [5.74, 6) is -0.112. The lowest BCUT2D eigenvalue weighted by atomic mass is 10.1. The zero-order valence-electron chi connectivity index (χ0n) is 16.6. The van der Waals surface area contributed by atoms with Crippen LogP contribution in [0.2, 0.25) is 0 Å². The molecule has 6 heteroatoms. The minimum absolute atomic E-state index is 0.112. The predicted octanol–water partition coefficient (Wildman–Crippen LogP) is 2.62. The number of rotatable bonds is 5. The number of aryl methyl sites for hydroxylation is 1. The van der Waals surface area contributed by atoms with Crippen molar-refractivity contribution in [3.05, 3.63) is 59.9 Å². The Morgan fingerprint density at radius 3 is 2.54 bits per heavy atom. The quantitative estimate of drug-likeness (QED) is 0.743. The number of fused-ring (bicyclic) bond motifs is 1. The van der Waals surface area contributed by atoms with E-state index in [0.29, 0.717) is 5.56 Å². The third-order valence-corrected chi connectivity index (χ3v) is 5.51. The van der Waals surface area contributed by atoms with Crippen molar-refractivity contribution in [1.29, 1.82) is 0 Å². The minimum atomic E-state index is -0.112. The number of hydrogen-bond acceptors (Lipinski definition) is 4. The Labute approximate surface area is 165 Å². The first-order chi connectivity index (χ1) is 13.6. The molecule has 1 fully saturated rings. The summed E-state index contributed by atoms with van der Waals surface area (Å²) in [6.07, 6.45) is 2.77. The molecule has 1 aliphatic heterocycles. The van der Waals surface area contributed by atoms with Gasteiger partial charge in [-0.25, -0.2) is 4.98 Å². The van der Waals surface area contributed by atoms with Gasteiger partial charge in [-0.2, -0.15) is 0 Å². The van der Waals surface area contributed by atoms with Crippen LogP contribution in [0.1, 0.15) is 15.9 Å². The van der Waals surface area contributed by atoms with Crippen molar-refractivity contribution in [2.45, 2.75) is 6.42 Å². The molecular formula is C22H27N5O. The molecule has 4 rings (SSSR count). The zero-order valence-corrected chi connectivity index (χ0v) is 16.6. The molecule has 1 amide bonds. The highest BCUT2D eigenvalue weighted by Crippen LogP contribution is 2.19. The number of aromatic nitrogens is 2. The Balaban J connectivity index is 1.37. The summed E-state index contributed by atoms with van der Waals surface area (Å²) in [7, 11) is 4.08. The Bertz CT molecular complexity index is 955. The van der Waals surface area contributed by atoms with Crippen LogP contribution in [-0.2, 0) is 13.5 Å². The molecule has 3 aromatic rings. The lowest BCUT2D eigenvalue weighted by Gasteiger charge is -2.32. The van der Waals surface area contributed by atoms with E-state index in [1.165, 1.54) is 5.56 Å². The number of nitrogens with one attached hydrogen (secondary N) is 1. The van der Waals surface area contributed by atoms with Crippen molar-refractivity contribution < 1.29 is 4.79 Å². The van der Waals surface area contributed by atoms with Gasteiger partial charge in [-0.1, -0.05) is 18.2 Å². The zero-order chi connectivity index (χ0) is 19.5. The second kappa shape index (κ2) is 8.12. The number of imidazole rings is 1. The fourth-order valence-electron chi connectivity index (χ4n) is 3.71. The molecule has 0 radical (unpaired) electrons. The number of amides is 1. The molecule has 0 spiro atoms. The van der Waals surface area contributed by atoms with Gasteiger partial charge in [0.1, 0.15) is 0 Å². The topological polar surface area (TPSA) is 53.4 Å². The first-order valence-electron chi connectivity index (χ1n) is 9.81. The van der Waals surface area contributed by atoms with Crippen LogP contribution in [-0.4, -0.2) is 65.0 Å². The number of carbonyl (C=O) groups is 1. The molecule has 1 aliphatic rings. The summed E-state index contributed by atoms with van der Waals surface area (Å²) in [4.78, 5) is 22.0. The van der Waals surface area contributed by atoms with Crippen molar-refractivity contribution in [1.82, 2.24) is 19.4 Å². The van der Waals surface area contributed by atoms with E-state index in [4.69, 9.17) is 0 Å². The number of likely N-dealkylation sites (N-methyl/N-ethyl adjacent to an activating group) is 1. The minimum Gasteiger partial charge on any atom is -0.333 e. The van der Waals surface area contributed by atoms with Crippen LogP contribution in [0.3, 0.4) is 0 Å². The highest BCUT2D eigenvalue weighted by atomic mass is 16.1. The van der Waals surface area contributed by atoms with E-state index in [1.807, 2.05) is 41.9 Å². The van der Waals surface area contributed by atoms with Gasteiger partial charge in [0.15, 0.2) is 0 Å². The standard InChI is InChI=1S/C22H27N5O/c1-25-12-14-27(15-13-25)11-10-17-6-8-18(9-7-17)24-22(28)19-4-3-5-20-21(19)26(2)16-23-20/h3-9,16H,10-15H2,1-2H3,(H,24,28). The van der Waals surface area contributed by atoms with Gasteiger partial charge >= 0.3 is 0 Å². The number of nitrogens with zero attached hydrogens (tertiary/aromatic N) is 4.